The summed E-state index contributed by atoms with van der Waals surface area (Å²) in [6.07, 6.45) is -1.19. The number of nitrogens with zero attached hydrogens (tertiary/aromatic N) is 3. The molecule has 42 heavy (non-hydrogen) atoms. The minimum atomic E-state index is -2.86. The molecule has 0 bridgehead atoms. The number of hydrogen-bond acceptors (Lipinski definition) is 7. The molecule has 0 spiro atoms. The van der Waals surface area contributed by atoms with Crippen LogP contribution in [0, 0.1) is 13.8 Å². The second kappa shape index (κ2) is 11.4. The fourth-order valence-electron chi connectivity index (χ4n) is 4.74. The number of nitrogens with two attached hydrogens (primary N) is 1. The van der Waals surface area contributed by atoms with Crippen molar-refractivity contribution in [2.24, 2.45) is 12.8 Å². The third-order valence-corrected chi connectivity index (χ3v) is 7.82. The Balaban J connectivity index is 1.49. The molecule has 0 saturated heterocycles. The van der Waals surface area contributed by atoms with Crippen molar-refractivity contribution in [2.45, 2.75) is 46.6 Å². The van der Waals surface area contributed by atoms with E-state index in [1.165, 1.54) is 12.1 Å². The molecule has 0 fully saturated rings. The third-order valence-electron chi connectivity index (χ3n) is 6.72. The number of nitrogens with one attached hydrogen (secondary N) is 1. The van der Waals surface area contributed by atoms with Crippen LogP contribution in [0.25, 0.3) is 21.3 Å². The average molecular weight is 594 g/mol. The van der Waals surface area contributed by atoms with E-state index in [-0.39, 0.29) is 33.7 Å². The Bertz CT molecular complexity index is 1820. The van der Waals surface area contributed by atoms with Gasteiger partial charge in [0, 0.05) is 24.2 Å². The number of aromatic nitrogens is 3. The SMILES string of the molecule is Cc1ccc(C(C)C)c(OCc2ccc(C(=O)Nc3c(C(N)=O)sc4nc(C(F)F)cc(-c5cn(C)nc5C)c34)o2)c1. The van der Waals surface area contributed by atoms with Crippen LogP contribution in [0.3, 0.4) is 0 Å². The van der Waals surface area contributed by atoms with Crippen molar-refractivity contribution < 1.29 is 27.5 Å². The highest BCUT2D eigenvalue weighted by atomic mass is 32.1. The fraction of sp³-hybridized carbons (Fsp3) is 0.267. The number of anilines is 1. The average Bonchev–Trinajstić information content (AvgIpc) is 3.63. The number of carbonyl (C=O) groups is 2. The number of furan rings is 1. The first-order chi connectivity index (χ1) is 19.9. The minimum Gasteiger partial charge on any atom is -0.485 e. The molecule has 0 unspecified atom stereocenters. The number of hydrogen-bond donors (Lipinski definition) is 2. The number of primary amides is 1. The van der Waals surface area contributed by atoms with E-state index in [1.54, 1.807) is 30.9 Å². The van der Waals surface area contributed by atoms with Crippen LogP contribution in [0.4, 0.5) is 14.5 Å². The van der Waals surface area contributed by atoms with E-state index in [0.717, 1.165) is 28.2 Å². The zero-order chi connectivity index (χ0) is 30.3. The number of pyridine rings is 1. The van der Waals surface area contributed by atoms with Crippen LogP contribution in [0.1, 0.15) is 74.7 Å². The Kier molecular flexibility index (Phi) is 7.83. The Hall–Kier alpha value is -4.58. The molecule has 4 heterocycles. The predicted octanol–water partition coefficient (Wildman–Crippen LogP) is 6.90. The largest absolute Gasteiger partial charge is 0.485 e. The standard InChI is InChI=1S/C30H29F2N5O4S/c1-14(2)18-8-6-15(3)10-23(18)40-13-17-7-9-22(41-17)29(39)35-25-24-19(20-12-37(5)36-16(20)4)11-21(27(31)32)34-30(24)42-26(25)28(33)38/h6-12,14,27H,13H2,1-5H3,(H2,33,38)(H,35,39). The Morgan fingerprint density at radius 3 is 2.55 bits per heavy atom. The molecule has 3 N–H and O–H groups in total. The molecular weight excluding hydrogens is 564 g/mol. The van der Waals surface area contributed by atoms with Gasteiger partial charge in [0.15, 0.2) is 5.76 Å². The highest BCUT2D eigenvalue weighted by Crippen LogP contribution is 2.43. The van der Waals surface area contributed by atoms with Gasteiger partial charge >= 0.3 is 0 Å². The number of fused-ring (bicyclic) bond motifs is 1. The number of benzene rings is 1. The molecule has 0 atom stereocenters. The van der Waals surface area contributed by atoms with Gasteiger partial charge in [-0.15, -0.1) is 11.3 Å². The van der Waals surface area contributed by atoms with E-state index in [9.17, 15) is 18.4 Å². The summed E-state index contributed by atoms with van der Waals surface area (Å²) >= 11 is 0.826. The maximum atomic E-state index is 13.8. The van der Waals surface area contributed by atoms with E-state index in [0.29, 0.717) is 28.0 Å². The molecule has 0 saturated carbocycles. The number of carbonyl (C=O) groups excluding carboxylic acids is 2. The highest BCUT2D eigenvalue weighted by Gasteiger charge is 2.27. The molecule has 0 aliphatic rings. The van der Waals surface area contributed by atoms with Crippen molar-refractivity contribution in [3.05, 3.63) is 81.5 Å². The summed E-state index contributed by atoms with van der Waals surface area (Å²) in [5, 5.41) is 7.34. The van der Waals surface area contributed by atoms with Gasteiger partial charge in [0.1, 0.15) is 33.5 Å². The van der Waals surface area contributed by atoms with E-state index in [1.807, 2.05) is 25.1 Å². The molecule has 1 aromatic carbocycles. The first-order valence-corrected chi connectivity index (χ1v) is 13.9. The Morgan fingerprint density at radius 2 is 1.90 bits per heavy atom. The van der Waals surface area contributed by atoms with Crippen molar-refractivity contribution >= 4 is 39.1 Å². The smallest absolute Gasteiger partial charge is 0.291 e. The van der Waals surface area contributed by atoms with Crippen LogP contribution in [-0.4, -0.2) is 26.6 Å². The minimum absolute atomic E-state index is 0.0316. The molecule has 2 amide bonds. The second-order valence-corrected chi connectivity index (χ2v) is 11.3. The highest BCUT2D eigenvalue weighted by molar-refractivity contribution is 7.21. The monoisotopic (exact) mass is 593 g/mol. The normalized spacial score (nSPS) is 11.5. The molecule has 0 aliphatic carbocycles. The van der Waals surface area contributed by atoms with Gasteiger partial charge in [-0.3, -0.25) is 14.3 Å². The van der Waals surface area contributed by atoms with Crippen LogP contribution < -0.4 is 15.8 Å². The van der Waals surface area contributed by atoms with Crippen molar-refractivity contribution in [3.8, 4) is 16.9 Å². The van der Waals surface area contributed by atoms with Gasteiger partial charge in [-0.25, -0.2) is 13.8 Å². The lowest BCUT2D eigenvalue weighted by Gasteiger charge is -2.14. The quantitative estimate of drug-likeness (QED) is 0.192. The van der Waals surface area contributed by atoms with Gasteiger partial charge in [-0.05, 0) is 60.7 Å². The van der Waals surface area contributed by atoms with E-state index in [2.05, 4.69) is 29.2 Å². The summed E-state index contributed by atoms with van der Waals surface area (Å²) in [5.41, 5.74) is 8.80. The van der Waals surface area contributed by atoms with E-state index in [4.69, 9.17) is 14.9 Å². The summed E-state index contributed by atoms with van der Waals surface area (Å²) in [4.78, 5) is 29.9. The number of thiophene rings is 1. The van der Waals surface area contributed by atoms with Crippen LogP contribution in [0.15, 0.2) is 47.0 Å². The van der Waals surface area contributed by atoms with E-state index < -0.39 is 23.9 Å². The van der Waals surface area contributed by atoms with Gasteiger partial charge < -0.3 is 20.2 Å². The first kappa shape index (κ1) is 28.9. The number of alkyl halides is 2. The van der Waals surface area contributed by atoms with Crippen molar-refractivity contribution in [1.29, 1.82) is 0 Å². The zero-order valence-electron chi connectivity index (χ0n) is 23.6. The summed E-state index contributed by atoms with van der Waals surface area (Å²) in [6, 6.07) is 10.4. The lowest BCUT2D eigenvalue weighted by atomic mass is 10.0. The van der Waals surface area contributed by atoms with Crippen LogP contribution in [0.5, 0.6) is 5.75 Å². The molecular formula is C30H29F2N5O4S. The molecule has 0 aliphatic heterocycles. The zero-order valence-corrected chi connectivity index (χ0v) is 24.4. The maximum Gasteiger partial charge on any atom is 0.291 e. The van der Waals surface area contributed by atoms with Crippen LogP contribution in [-0.2, 0) is 13.7 Å². The fourth-order valence-corrected chi connectivity index (χ4v) is 5.76. The van der Waals surface area contributed by atoms with E-state index >= 15 is 0 Å². The number of ether oxygens (including phenoxy) is 1. The Morgan fingerprint density at radius 1 is 1.14 bits per heavy atom. The maximum absolute atomic E-state index is 13.8. The molecule has 4 aromatic heterocycles. The van der Waals surface area contributed by atoms with Gasteiger partial charge in [-0.1, -0.05) is 26.0 Å². The summed E-state index contributed by atoms with van der Waals surface area (Å²) in [5.74, 6) is -0.131. The van der Waals surface area contributed by atoms with Crippen molar-refractivity contribution in [1.82, 2.24) is 14.8 Å². The topological polar surface area (TPSA) is 125 Å². The number of aryl methyl sites for hydroxylation is 3. The molecule has 5 rings (SSSR count). The molecule has 218 valence electrons. The van der Waals surface area contributed by atoms with Gasteiger partial charge in [0.2, 0.25) is 0 Å². The van der Waals surface area contributed by atoms with Crippen LogP contribution >= 0.6 is 11.3 Å². The van der Waals surface area contributed by atoms with Gasteiger partial charge in [-0.2, -0.15) is 5.10 Å². The van der Waals surface area contributed by atoms with Crippen LogP contribution in [0.2, 0.25) is 0 Å². The number of amides is 2. The molecule has 0 radical (unpaired) electrons. The molecule has 12 heteroatoms. The van der Waals surface area contributed by atoms with Crippen molar-refractivity contribution in [2.75, 3.05) is 5.32 Å². The number of rotatable bonds is 9. The molecule has 9 nitrogen and oxygen atoms in total. The predicted molar refractivity (Wildman–Crippen MR) is 156 cm³/mol. The lowest BCUT2D eigenvalue weighted by molar-refractivity contribution is 0.0992. The number of halogens is 2. The third kappa shape index (κ3) is 5.62. The molecule has 5 aromatic rings. The first-order valence-electron chi connectivity index (χ1n) is 13.1. The Labute approximate surface area is 244 Å². The second-order valence-electron chi connectivity index (χ2n) is 10.3. The summed E-state index contributed by atoms with van der Waals surface area (Å²) < 4.78 is 40.9. The summed E-state index contributed by atoms with van der Waals surface area (Å²) in [6.45, 7) is 7.95. The van der Waals surface area contributed by atoms with Gasteiger partial charge in [0.05, 0.1) is 11.4 Å². The van der Waals surface area contributed by atoms with Crippen molar-refractivity contribution in [3.63, 3.8) is 0 Å². The van der Waals surface area contributed by atoms with Gasteiger partial charge in [0.25, 0.3) is 18.2 Å². The summed E-state index contributed by atoms with van der Waals surface area (Å²) in [7, 11) is 1.70. The lowest BCUT2D eigenvalue weighted by Crippen LogP contribution is -2.16.